The van der Waals surface area contributed by atoms with Gasteiger partial charge in [-0.3, -0.25) is 9.59 Å². The lowest BCUT2D eigenvalue weighted by atomic mass is 9.88. The molecule has 0 fully saturated rings. The van der Waals surface area contributed by atoms with Crippen LogP contribution >= 0.6 is 0 Å². The number of benzene rings is 2. The van der Waals surface area contributed by atoms with Gasteiger partial charge in [0.25, 0.3) is 5.91 Å². The number of aliphatic hydroxyl groups is 1. The fourth-order valence-electron chi connectivity index (χ4n) is 2.99. The van der Waals surface area contributed by atoms with Gasteiger partial charge in [0.2, 0.25) is 0 Å². The first kappa shape index (κ1) is 15.2. The van der Waals surface area contributed by atoms with Gasteiger partial charge in [-0.25, -0.2) is 0 Å². The molecular formula is C18H18N2O3. The highest BCUT2D eigenvalue weighted by molar-refractivity contribution is 6.10. The summed E-state index contributed by atoms with van der Waals surface area (Å²) in [5, 5.41) is 11.0. The Labute approximate surface area is 134 Å². The van der Waals surface area contributed by atoms with Crippen LogP contribution in [0.15, 0.2) is 48.5 Å². The number of amides is 1. The third kappa shape index (κ3) is 2.39. The van der Waals surface area contributed by atoms with Crippen LogP contribution in [0.25, 0.3) is 0 Å². The van der Waals surface area contributed by atoms with Gasteiger partial charge in [-0.1, -0.05) is 18.2 Å². The van der Waals surface area contributed by atoms with Crippen LogP contribution in [0.4, 0.5) is 11.4 Å². The highest BCUT2D eigenvalue weighted by Gasteiger charge is 2.50. The highest BCUT2D eigenvalue weighted by atomic mass is 16.3. The van der Waals surface area contributed by atoms with Crippen molar-refractivity contribution in [1.82, 2.24) is 0 Å². The summed E-state index contributed by atoms with van der Waals surface area (Å²) in [5.74, 6) is -0.751. The van der Waals surface area contributed by atoms with Gasteiger partial charge in [0, 0.05) is 23.4 Å². The van der Waals surface area contributed by atoms with Crippen molar-refractivity contribution in [3.63, 3.8) is 0 Å². The maximum atomic E-state index is 12.6. The lowest BCUT2D eigenvalue weighted by Crippen LogP contribution is -2.41. The second-order valence-corrected chi connectivity index (χ2v) is 5.65. The minimum absolute atomic E-state index is 0.288. The molecule has 0 saturated heterocycles. The monoisotopic (exact) mass is 310 g/mol. The van der Waals surface area contributed by atoms with Crippen molar-refractivity contribution < 1.29 is 14.7 Å². The molecule has 1 amide bonds. The minimum atomic E-state index is -1.81. The molecule has 3 rings (SSSR count). The van der Waals surface area contributed by atoms with Crippen molar-refractivity contribution in [3.8, 4) is 0 Å². The van der Waals surface area contributed by atoms with Gasteiger partial charge in [0.05, 0.1) is 12.1 Å². The first-order valence-corrected chi connectivity index (χ1v) is 7.50. The molecule has 0 bridgehead atoms. The van der Waals surface area contributed by atoms with E-state index in [9.17, 15) is 14.7 Å². The van der Waals surface area contributed by atoms with Crippen LogP contribution in [-0.4, -0.2) is 23.3 Å². The zero-order chi connectivity index (χ0) is 16.6. The van der Waals surface area contributed by atoms with Crippen molar-refractivity contribution in [2.45, 2.75) is 18.9 Å². The third-order valence-corrected chi connectivity index (χ3v) is 4.20. The van der Waals surface area contributed by atoms with Crippen LogP contribution in [0, 0.1) is 0 Å². The van der Waals surface area contributed by atoms with Crippen LogP contribution in [0.3, 0.4) is 0 Å². The first-order valence-electron chi connectivity index (χ1n) is 7.50. The van der Waals surface area contributed by atoms with Crippen LogP contribution in [-0.2, 0) is 10.4 Å². The van der Waals surface area contributed by atoms with Crippen molar-refractivity contribution in [2.24, 2.45) is 0 Å². The summed E-state index contributed by atoms with van der Waals surface area (Å²) >= 11 is 0. The number of hydrogen-bond donors (Lipinski definition) is 2. The number of Topliss-reactive ketones (excluding diaryl/α,β-unsaturated/α-hetero) is 1. The van der Waals surface area contributed by atoms with Gasteiger partial charge in [0.1, 0.15) is 0 Å². The number of rotatable bonds is 4. The second kappa shape index (κ2) is 5.52. The highest BCUT2D eigenvalue weighted by Crippen LogP contribution is 2.42. The predicted octanol–water partition coefficient (Wildman–Crippen LogP) is 2.10. The molecule has 1 atom stereocenters. The second-order valence-electron chi connectivity index (χ2n) is 5.65. The van der Waals surface area contributed by atoms with E-state index in [0.717, 1.165) is 0 Å². The summed E-state index contributed by atoms with van der Waals surface area (Å²) < 4.78 is 0. The van der Waals surface area contributed by atoms with Crippen LogP contribution in [0.2, 0.25) is 0 Å². The van der Waals surface area contributed by atoms with E-state index >= 15 is 0 Å². The molecule has 3 N–H and O–H groups in total. The van der Waals surface area contributed by atoms with Crippen LogP contribution in [0.5, 0.6) is 0 Å². The molecule has 5 heteroatoms. The molecule has 0 radical (unpaired) electrons. The maximum Gasteiger partial charge on any atom is 0.264 e. The van der Waals surface area contributed by atoms with E-state index in [-0.39, 0.29) is 12.2 Å². The number of likely N-dealkylation sites (N-methyl/N-ethyl adjacent to an activating group) is 1. The molecule has 23 heavy (non-hydrogen) atoms. The Morgan fingerprint density at radius 3 is 2.48 bits per heavy atom. The molecule has 5 nitrogen and oxygen atoms in total. The molecule has 2 aromatic carbocycles. The molecule has 0 aliphatic carbocycles. The quantitative estimate of drug-likeness (QED) is 0.669. The molecule has 1 aliphatic heterocycles. The number of fused-ring (bicyclic) bond motifs is 1. The van der Waals surface area contributed by atoms with E-state index in [1.54, 1.807) is 42.5 Å². The fraction of sp³-hybridized carbons (Fsp3) is 0.222. The Bertz CT molecular complexity index is 770. The lowest BCUT2D eigenvalue weighted by molar-refractivity contribution is -0.135. The Morgan fingerprint density at radius 2 is 1.83 bits per heavy atom. The Balaban J connectivity index is 1.96. The molecule has 1 heterocycles. The Hall–Kier alpha value is -2.66. The van der Waals surface area contributed by atoms with E-state index in [0.29, 0.717) is 29.0 Å². The summed E-state index contributed by atoms with van der Waals surface area (Å²) in [6, 6.07) is 13.5. The van der Waals surface area contributed by atoms with E-state index in [1.807, 2.05) is 13.0 Å². The summed E-state index contributed by atoms with van der Waals surface area (Å²) in [4.78, 5) is 26.6. The number of para-hydroxylation sites is 1. The molecule has 118 valence electrons. The Morgan fingerprint density at radius 1 is 1.17 bits per heavy atom. The van der Waals surface area contributed by atoms with Crippen molar-refractivity contribution in [1.29, 1.82) is 0 Å². The maximum absolute atomic E-state index is 12.6. The largest absolute Gasteiger partial charge is 0.399 e. The summed E-state index contributed by atoms with van der Waals surface area (Å²) in [6.45, 7) is 2.27. The van der Waals surface area contributed by atoms with Gasteiger partial charge >= 0.3 is 0 Å². The van der Waals surface area contributed by atoms with E-state index in [1.165, 1.54) is 4.90 Å². The van der Waals surface area contributed by atoms with Crippen LogP contribution in [0.1, 0.15) is 29.3 Å². The smallest absolute Gasteiger partial charge is 0.264 e. The standard InChI is InChI=1S/C18H18N2O3/c1-2-20-15-6-4-3-5-14(15)18(23,17(20)22)11-16(21)12-7-9-13(19)10-8-12/h3-10,23H,2,11,19H2,1H3. The molecular weight excluding hydrogens is 292 g/mol. The zero-order valence-corrected chi connectivity index (χ0v) is 12.8. The zero-order valence-electron chi connectivity index (χ0n) is 12.8. The third-order valence-electron chi connectivity index (χ3n) is 4.20. The predicted molar refractivity (Wildman–Crippen MR) is 88.2 cm³/mol. The molecule has 1 aliphatic rings. The van der Waals surface area contributed by atoms with Gasteiger partial charge in [0.15, 0.2) is 11.4 Å². The minimum Gasteiger partial charge on any atom is -0.399 e. The fourth-order valence-corrected chi connectivity index (χ4v) is 2.99. The van der Waals surface area contributed by atoms with Gasteiger partial charge in [-0.05, 0) is 37.3 Å². The van der Waals surface area contributed by atoms with E-state index < -0.39 is 11.5 Å². The number of carbonyl (C=O) groups is 2. The molecule has 0 spiro atoms. The molecule has 2 aromatic rings. The topological polar surface area (TPSA) is 83.6 Å². The van der Waals surface area contributed by atoms with Crippen LogP contribution < -0.4 is 10.6 Å². The normalized spacial score (nSPS) is 19.7. The molecule has 0 saturated carbocycles. The average molecular weight is 310 g/mol. The van der Waals surface area contributed by atoms with E-state index in [2.05, 4.69) is 0 Å². The summed E-state index contributed by atoms with van der Waals surface area (Å²) in [5.41, 5.74) is 5.92. The van der Waals surface area contributed by atoms with Crippen molar-refractivity contribution in [2.75, 3.05) is 17.2 Å². The number of nitrogen functional groups attached to an aromatic ring is 1. The number of anilines is 2. The average Bonchev–Trinajstić information content (AvgIpc) is 2.76. The lowest BCUT2D eigenvalue weighted by Gasteiger charge is -2.22. The summed E-state index contributed by atoms with van der Waals surface area (Å²) in [7, 11) is 0. The van der Waals surface area contributed by atoms with Crippen molar-refractivity contribution >= 4 is 23.1 Å². The molecule has 1 unspecified atom stereocenters. The number of nitrogens with two attached hydrogens (primary N) is 1. The number of carbonyl (C=O) groups excluding carboxylic acids is 2. The number of hydrogen-bond acceptors (Lipinski definition) is 4. The first-order chi connectivity index (χ1) is 11.0. The number of ketones is 1. The summed E-state index contributed by atoms with van der Waals surface area (Å²) in [6.07, 6.45) is -0.288. The van der Waals surface area contributed by atoms with Gasteiger partial charge in [-0.2, -0.15) is 0 Å². The Kier molecular flexibility index (Phi) is 3.66. The van der Waals surface area contributed by atoms with Gasteiger partial charge in [-0.15, -0.1) is 0 Å². The number of nitrogens with zero attached hydrogens (tertiary/aromatic N) is 1. The van der Waals surface area contributed by atoms with Crippen molar-refractivity contribution in [3.05, 3.63) is 59.7 Å². The molecule has 0 aromatic heterocycles. The SMILES string of the molecule is CCN1C(=O)C(O)(CC(=O)c2ccc(N)cc2)c2ccccc21. The van der Waals surface area contributed by atoms with Gasteiger partial charge < -0.3 is 15.7 Å². The van der Waals surface area contributed by atoms with E-state index in [4.69, 9.17) is 5.73 Å².